The van der Waals surface area contributed by atoms with E-state index in [9.17, 15) is 0 Å². The van der Waals surface area contributed by atoms with Gasteiger partial charge >= 0.3 is 0 Å². The number of aromatic nitrogens is 4. The van der Waals surface area contributed by atoms with Crippen LogP contribution in [-0.2, 0) is 17.3 Å². The normalized spacial score (nSPS) is 15.3. The van der Waals surface area contributed by atoms with Crippen molar-refractivity contribution >= 4 is 5.84 Å². The van der Waals surface area contributed by atoms with Crippen molar-refractivity contribution in [3.8, 4) is 0 Å². The van der Waals surface area contributed by atoms with Gasteiger partial charge in [0.15, 0.2) is 11.7 Å². The first-order chi connectivity index (χ1) is 9.44. The molecule has 0 spiro atoms. The maximum absolute atomic E-state index is 4.92. The lowest BCUT2D eigenvalue weighted by molar-refractivity contribution is 0.209. The van der Waals surface area contributed by atoms with Crippen LogP contribution < -0.4 is 0 Å². The fourth-order valence-corrected chi connectivity index (χ4v) is 1.84. The maximum atomic E-state index is 4.92. The number of rotatable bonds is 0. The predicted molar refractivity (Wildman–Crippen MR) is 82.4 cm³/mol. The van der Waals surface area contributed by atoms with Gasteiger partial charge in [-0.3, -0.25) is 4.90 Å². The number of tetrazole rings is 1. The molecule has 1 aromatic heterocycles. The highest BCUT2D eigenvalue weighted by atomic mass is 16.7. The molecule has 2 rings (SSSR count). The van der Waals surface area contributed by atoms with Gasteiger partial charge in [0, 0.05) is 24.9 Å². The van der Waals surface area contributed by atoms with Crippen LogP contribution in [0.3, 0.4) is 0 Å². The number of oxime groups is 1. The molecule has 1 aliphatic rings. The van der Waals surface area contributed by atoms with E-state index in [0.717, 1.165) is 11.7 Å². The van der Waals surface area contributed by atoms with Crippen LogP contribution in [0.5, 0.6) is 0 Å². The summed E-state index contributed by atoms with van der Waals surface area (Å²) in [5, 5.41) is 15.1. The number of amidine groups is 1. The van der Waals surface area contributed by atoms with Gasteiger partial charge in [0.1, 0.15) is 0 Å². The summed E-state index contributed by atoms with van der Waals surface area (Å²) < 4.78 is 1.69. The van der Waals surface area contributed by atoms with E-state index in [1.807, 2.05) is 19.0 Å². The Bertz CT molecular complexity index is 532. The summed E-state index contributed by atoms with van der Waals surface area (Å²) in [4.78, 5) is 6.78. The summed E-state index contributed by atoms with van der Waals surface area (Å²) in [6.07, 6.45) is 0. The van der Waals surface area contributed by atoms with E-state index in [0.29, 0.717) is 5.88 Å². The van der Waals surface area contributed by atoms with Gasteiger partial charge < -0.3 is 4.84 Å². The summed E-state index contributed by atoms with van der Waals surface area (Å²) in [6.45, 7) is 16.2. The summed E-state index contributed by atoms with van der Waals surface area (Å²) in [5.41, 5.74) is 0.0619. The topological polar surface area (TPSA) is 68.4 Å². The second-order valence-corrected chi connectivity index (χ2v) is 7.09. The van der Waals surface area contributed by atoms with Crippen LogP contribution in [0, 0.1) is 5.41 Å². The molecule has 7 nitrogen and oxygen atoms in total. The van der Waals surface area contributed by atoms with Crippen LogP contribution in [0.2, 0.25) is 0 Å². The Hall–Kier alpha value is -1.92. The Morgan fingerprint density at radius 2 is 1.57 bits per heavy atom. The Morgan fingerprint density at radius 1 is 1.00 bits per heavy atom. The van der Waals surface area contributed by atoms with Gasteiger partial charge in [-0.1, -0.05) is 46.7 Å². The first kappa shape index (κ1) is 17.1. The van der Waals surface area contributed by atoms with Crippen molar-refractivity contribution in [2.75, 3.05) is 7.05 Å². The largest absolute Gasteiger partial charge is 0.337 e. The number of hydrogen-bond donors (Lipinski definition) is 0. The van der Waals surface area contributed by atoms with E-state index in [1.54, 1.807) is 4.68 Å². The minimum atomic E-state index is 0.0220. The summed E-state index contributed by atoms with van der Waals surface area (Å²) in [6, 6.07) is 0. The van der Waals surface area contributed by atoms with Crippen molar-refractivity contribution in [3.63, 3.8) is 0 Å². The van der Waals surface area contributed by atoms with Gasteiger partial charge in [-0.15, -0.1) is 5.10 Å². The van der Waals surface area contributed by atoms with Crippen molar-refractivity contribution in [2.24, 2.45) is 17.6 Å². The van der Waals surface area contributed by atoms with Crippen molar-refractivity contribution in [1.82, 2.24) is 25.1 Å². The summed E-state index contributed by atoms with van der Waals surface area (Å²) in [5.74, 6) is 2.42. The van der Waals surface area contributed by atoms with Crippen molar-refractivity contribution in [1.29, 1.82) is 0 Å². The fourth-order valence-electron chi connectivity index (χ4n) is 1.84. The minimum absolute atomic E-state index is 0.0220. The minimum Gasteiger partial charge on any atom is -0.337 e. The molecule has 0 saturated heterocycles. The monoisotopic (exact) mass is 294 g/mol. The molecular weight excluding hydrogens is 268 g/mol. The molecule has 0 amide bonds. The zero-order chi connectivity index (χ0) is 16.4. The molecular formula is C14H26N6O. The molecule has 1 aliphatic heterocycles. The van der Waals surface area contributed by atoms with E-state index >= 15 is 0 Å². The second kappa shape index (κ2) is 5.83. The highest BCUT2D eigenvalue weighted by molar-refractivity contribution is 5.88. The molecule has 1 aromatic rings. The van der Waals surface area contributed by atoms with E-state index < -0.39 is 0 Å². The molecule has 0 saturated carbocycles. The molecule has 0 atom stereocenters. The molecule has 0 bridgehead atoms. The van der Waals surface area contributed by atoms with Crippen molar-refractivity contribution < 1.29 is 4.84 Å². The molecule has 0 N–H and O–H groups in total. The van der Waals surface area contributed by atoms with Crippen LogP contribution in [-0.4, -0.2) is 38.0 Å². The Balaban J connectivity index is 0.000000211. The van der Waals surface area contributed by atoms with Gasteiger partial charge in [-0.25, -0.2) is 4.68 Å². The third-order valence-electron chi connectivity index (χ3n) is 2.89. The Kier molecular flexibility index (Phi) is 4.76. The number of nitrogens with zero attached hydrogens (tertiary/aromatic N) is 6. The molecule has 2 heterocycles. The Morgan fingerprint density at radius 3 is 1.76 bits per heavy atom. The second-order valence-electron chi connectivity index (χ2n) is 7.09. The molecule has 0 aromatic carbocycles. The van der Waals surface area contributed by atoms with E-state index in [2.05, 4.69) is 68.8 Å². The standard InChI is InChI=1S/C8H14N2O.C6H12N4/c1-6-10(5)7(9-11-6)8(2,3)4;1-6(2,3)5-7-8-9-10(5)4/h1H2,2-5H3;1-4H3. The van der Waals surface area contributed by atoms with Crippen LogP contribution in [0.1, 0.15) is 47.4 Å². The van der Waals surface area contributed by atoms with Gasteiger partial charge in [-0.2, -0.15) is 0 Å². The zero-order valence-electron chi connectivity index (χ0n) is 14.3. The summed E-state index contributed by atoms with van der Waals surface area (Å²) in [7, 11) is 3.75. The molecule has 0 unspecified atom stereocenters. The molecule has 7 heteroatoms. The highest BCUT2D eigenvalue weighted by Gasteiger charge is 2.29. The van der Waals surface area contributed by atoms with Crippen molar-refractivity contribution in [3.05, 3.63) is 18.3 Å². The van der Waals surface area contributed by atoms with Crippen LogP contribution in [0.15, 0.2) is 17.6 Å². The summed E-state index contributed by atoms with van der Waals surface area (Å²) >= 11 is 0. The number of aryl methyl sites for hydroxylation is 1. The van der Waals surface area contributed by atoms with E-state index in [1.165, 1.54) is 0 Å². The lowest BCUT2D eigenvalue weighted by Crippen LogP contribution is -2.32. The van der Waals surface area contributed by atoms with Crippen LogP contribution >= 0.6 is 0 Å². The van der Waals surface area contributed by atoms with Crippen molar-refractivity contribution in [2.45, 2.75) is 47.0 Å². The first-order valence-corrected chi connectivity index (χ1v) is 6.85. The SMILES string of the molecule is C=C1ON=C(C(C)(C)C)N1C.Cn1nnnc1C(C)(C)C. The van der Waals surface area contributed by atoms with Crippen LogP contribution in [0.25, 0.3) is 0 Å². The van der Waals surface area contributed by atoms with Gasteiger partial charge in [0.2, 0.25) is 5.88 Å². The maximum Gasteiger partial charge on any atom is 0.223 e. The van der Waals surface area contributed by atoms with E-state index in [-0.39, 0.29) is 10.8 Å². The third kappa shape index (κ3) is 4.27. The molecule has 21 heavy (non-hydrogen) atoms. The highest BCUT2D eigenvalue weighted by Crippen LogP contribution is 2.25. The quantitative estimate of drug-likeness (QED) is 0.734. The molecule has 0 radical (unpaired) electrons. The number of hydrogen-bond acceptors (Lipinski definition) is 6. The van der Waals surface area contributed by atoms with Gasteiger partial charge in [0.05, 0.1) is 0 Å². The Labute approximate surface area is 126 Å². The predicted octanol–water partition coefficient (Wildman–Crippen LogP) is 2.29. The fraction of sp³-hybridized carbons (Fsp3) is 0.714. The average molecular weight is 294 g/mol. The lowest BCUT2D eigenvalue weighted by Gasteiger charge is -2.22. The average Bonchev–Trinajstić information content (AvgIpc) is 2.86. The molecule has 118 valence electrons. The van der Waals surface area contributed by atoms with E-state index in [4.69, 9.17) is 4.84 Å². The molecule has 0 aliphatic carbocycles. The lowest BCUT2D eigenvalue weighted by atomic mass is 9.94. The third-order valence-corrected chi connectivity index (χ3v) is 2.89. The zero-order valence-corrected chi connectivity index (χ0v) is 14.3. The molecule has 0 fully saturated rings. The first-order valence-electron chi connectivity index (χ1n) is 6.85. The van der Waals surface area contributed by atoms with Gasteiger partial charge in [0.25, 0.3) is 0 Å². The smallest absolute Gasteiger partial charge is 0.223 e. The van der Waals surface area contributed by atoms with Crippen LogP contribution in [0.4, 0.5) is 0 Å². The van der Waals surface area contributed by atoms with Gasteiger partial charge in [-0.05, 0) is 17.0 Å².